The standard InChI is InChI=1S/C16H19NO2/c1-11(2)10-17-12(3)14(16(18)19)9-15(17)13-7-5-4-6-8-13/h4-9,11H,10H2,1-3H3,(H,18,19). The number of benzene rings is 1. The average molecular weight is 257 g/mol. The first-order valence-electron chi connectivity index (χ1n) is 6.49. The molecule has 1 aromatic carbocycles. The second-order valence-corrected chi connectivity index (χ2v) is 5.20. The van der Waals surface area contributed by atoms with Crippen LogP contribution in [0.1, 0.15) is 29.9 Å². The third-order valence-electron chi connectivity index (χ3n) is 3.21. The topological polar surface area (TPSA) is 42.2 Å². The minimum Gasteiger partial charge on any atom is -0.478 e. The molecule has 0 aliphatic rings. The monoisotopic (exact) mass is 257 g/mol. The number of rotatable bonds is 4. The smallest absolute Gasteiger partial charge is 0.337 e. The SMILES string of the molecule is Cc1c(C(=O)O)cc(-c2ccccc2)n1CC(C)C. The molecule has 2 rings (SSSR count). The van der Waals surface area contributed by atoms with Crippen LogP contribution in [0.3, 0.4) is 0 Å². The zero-order chi connectivity index (χ0) is 14.0. The van der Waals surface area contributed by atoms with Gasteiger partial charge in [0.1, 0.15) is 0 Å². The van der Waals surface area contributed by atoms with Gasteiger partial charge in [-0.2, -0.15) is 0 Å². The van der Waals surface area contributed by atoms with Gasteiger partial charge in [0, 0.05) is 17.9 Å². The summed E-state index contributed by atoms with van der Waals surface area (Å²) in [6.45, 7) is 6.96. The van der Waals surface area contributed by atoms with Crippen LogP contribution in [0.2, 0.25) is 0 Å². The number of aromatic carboxylic acids is 1. The number of carboxylic acids is 1. The maximum Gasteiger partial charge on any atom is 0.337 e. The first kappa shape index (κ1) is 13.4. The highest BCUT2D eigenvalue weighted by Gasteiger charge is 2.18. The summed E-state index contributed by atoms with van der Waals surface area (Å²) in [6, 6.07) is 11.7. The summed E-state index contributed by atoms with van der Waals surface area (Å²) in [4.78, 5) is 11.3. The third-order valence-corrected chi connectivity index (χ3v) is 3.21. The van der Waals surface area contributed by atoms with E-state index in [1.165, 1.54) is 0 Å². The highest BCUT2D eigenvalue weighted by Crippen LogP contribution is 2.26. The van der Waals surface area contributed by atoms with Crippen molar-refractivity contribution in [3.63, 3.8) is 0 Å². The van der Waals surface area contributed by atoms with Gasteiger partial charge in [-0.05, 0) is 24.5 Å². The van der Waals surface area contributed by atoms with Gasteiger partial charge in [0.25, 0.3) is 0 Å². The molecule has 0 unspecified atom stereocenters. The zero-order valence-electron chi connectivity index (χ0n) is 11.6. The van der Waals surface area contributed by atoms with E-state index < -0.39 is 5.97 Å². The molecule has 1 N–H and O–H groups in total. The van der Waals surface area contributed by atoms with Crippen molar-refractivity contribution in [3.05, 3.63) is 47.7 Å². The lowest BCUT2D eigenvalue weighted by atomic mass is 10.1. The summed E-state index contributed by atoms with van der Waals surface area (Å²) in [6.07, 6.45) is 0. The van der Waals surface area contributed by atoms with E-state index in [9.17, 15) is 9.90 Å². The zero-order valence-corrected chi connectivity index (χ0v) is 11.6. The normalized spacial score (nSPS) is 10.9. The number of nitrogens with zero attached hydrogens (tertiary/aromatic N) is 1. The number of hydrogen-bond acceptors (Lipinski definition) is 1. The molecule has 100 valence electrons. The lowest BCUT2D eigenvalue weighted by Crippen LogP contribution is -2.09. The second kappa shape index (κ2) is 5.31. The second-order valence-electron chi connectivity index (χ2n) is 5.20. The highest BCUT2D eigenvalue weighted by molar-refractivity contribution is 5.91. The minimum absolute atomic E-state index is 0.388. The molecule has 0 radical (unpaired) electrons. The molecule has 0 saturated carbocycles. The Kier molecular flexibility index (Phi) is 3.74. The Bertz CT molecular complexity index is 582. The summed E-state index contributed by atoms with van der Waals surface area (Å²) >= 11 is 0. The molecule has 0 fully saturated rings. The number of hydrogen-bond donors (Lipinski definition) is 1. The van der Waals surface area contributed by atoms with Crippen molar-refractivity contribution in [3.8, 4) is 11.3 Å². The molecular weight excluding hydrogens is 238 g/mol. The third kappa shape index (κ3) is 2.70. The first-order valence-corrected chi connectivity index (χ1v) is 6.49. The van der Waals surface area contributed by atoms with Gasteiger partial charge in [0.2, 0.25) is 0 Å². The average Bonchev–Trinajstić information content (AvgIpc) is 2.68. The molecule has 3 nitrogen and oxygen atoms in total. The lowest BCUT2D eigenvalue weighted by molar-refractivity contribution is 0.0696. The van der Waals surface area contributed by atoms with Crippen molar-refractivity contribution in [1.82, 2.24) is 4.57 Å². The molecule has 1 aromatic heterocycles. The summed E-state index contributed by atoms with van der Waals surface area (Å²) < 4.78 is 2.10. The largest absolute Gasteiger partial charge is 0.478 e. The van der Waals surface area contributed by atoms with Gasteiger partial charge in [-0.1, -0.05) is 44.2 Å². The lowest BCUT2D eigenvalue weighted by Gasteiger charge is -2.14. The molecule has 0 spiro atoms. The van der Waals surface area contributed by atoms with Crippen molar-refractivity contribution in [1.29, 1.82) is 0 Å². The van der Waals surface area contributed by atoms with Crippen LogP contribution in [0.15, 0.2) is 36.4 Å². The molecule has 0 amide bonds. The Morgan fingerprint density at radius 2 is 1.89 bits per heavy atom. The number of aromatic nitrogens is 1. The van der Waals surface area contributed by atoms with E-state index in [0.717, 1.165) is 23.5 Å². The molecule has 0 atom stereocenters. The molecule has 0 bridgehead atoms. The van der Waals surface area contributed by atoms with Gasteiger partial charge in [-0.3, -0.25) is 0 Å². The van der Waals surface area contributed by atoms with Crippen LogP contribution in [-0.2, 0) is 6.54 Å². The molecular formula is C16H19NO2. The summed E-state index contributed by atoms with van der Waals surface area (Å²) in [5.74, 6) is -0.396. The van der Waals surface area contributed by atoms with E-state index in [1.54, 1.807) is 6.07 Å². The summed E-state index contributed by atoms with van der Waals surface area (Å²) in [5, 5.41) is 9.27. The molecule has 0 aliphatic heterocycles. The minimum atomic E-state index is -0.864. The molecule has 1 heterocycles. The van der Waals surface area contributed by atoms with Crippen molar-refractivity contribution in [2.24, 2.45) is 5.92 Å². The fraction of sp³-hybridized carbons (Fsp3) is 0.312. The Morgan fingerprint density at radius 3 is 2.42 bits per heavy atom. The number of carbonyl (C=O) groups is 1. The predicted octanol–water partition coefficient (Wildman–Crippen LogP) is 3.82. The van der Waals surface area contributed by atoms with Crippen molar-refractivity contribution < 1.29 is 9.90 Å². The Hall–Kier alpha value is -2.03. The first-order chi connectivity index (χ1) is 9.00. The van der Waals surface area contributed by atoms with Crippen molar-refractivity contribution >= 4 is 5.97 Å². The fourth-order valence-electron chi connectivity index (χ4n) is 2.31. The van der Waals surface area contributed by atoms with Gasteiger partial charge >= 0.3 is 5.97 Å². The van der Waals surface area contributed by atoms with Crippen LogP contribution in [0.4, 0.5) is 0 Å². The van der Waals surface area contributed by atoms with Gasteiger partial charge in [-0.25, -0.2) is 4.79 Å². The van der Waals surface area contributed by atoms with Crippen molar-refractivity contribution in [2.45, 2.75) is 27.3 Å². The molecule has 0 saturated heterocycles. The predicted molar refractivity (Wildman–Crippen MR) is 76.4 cm³/mol. The van der Waals surface area contributed by atoms with Crippen LogP contribution in [-0.4, -0.2) is 15.6 Å². The number of carboxylic acid groups (broad SMARTS) is 1. The Labute approximate surface area is 113 Å². The summed E-state index contributed by atoms with van der Waals surface area (Å²) in [7, 11) is 0. The molecule has 0 aliphatic carbocycles. The summed E-state index contributed by atoms with van der Waals surface area (Å²) in [5.41, 5.74) is 3.24. The van der Waals surface area contributed by atoms with Crippen LogP contribution < -0.4 is 0 Å². The Morgan fingerprint density at radius 1 is 1.26 bits per heavy atom. The van der Waals surface area contributed by atoms with Crippen LogP contribution in [0.25, 0.3) is 11.3 Å². The molecule has 3 heteroatoms. The van der Waals surface area contributed by atoms with Crippen LogP contribution in [0.5, 0.6) is 0 Å². The highest BCUT2D eigenvalue weighted by atomic mass is 16.4. The van der Waals surface area contributed by atoms with E-state index in [1.807, 2.05) is 37.3 Å². The van der Waals surface area contributed by atoms with E-state index >= 15 is 0 Å². The molecule has 2 aromatic rings. The van der Waals surface area contributed by atoms with Gasteiger partial charge < -0.3 is 9.67 Å². The maximum absolute atomic E-state index is 11.3. The fourth-order valence-corrected chi connectivity index (χ4v) is 2.31. The van der Waals surface area contributed by atoms with Gasteiger partial charge in [-0.15, -0.1) is 0 Å². The van der Waals surface area contributed by atoms with E-state index in [-0.39, 0.29) is 0 Å². The quantitative estimate of drug-likeness (QED) is 0.904. The maximum atomic E-state index is 11.3. The van der Waals surface area contributed by atoms with Crippen LogP contribution in [0, 0.1) is 12.8 Å². The van der Waals surface area contributed by atoms with E-state index in [0.29, 0.717) is 11.5 Å². The van der Waals surface area contributed by atoms with Crippen LogP contribution >= 0.6 is 0 Å². The Balaban J connectivity index is 2.59. The van der Waals surface area contributed by atoms with E-state index in [4.69, 9.17) is 0 Å². The molecule has 19 heavy (non-hydrogen) atoms. The van der Waals surface area contributed by atoms with Gasteiger partial charge in [0.05, 0.1) is 5.56 Å². The van der Waals surface area contributed by atoms with Crippen molar-refractivity contribution in [2.75, 3.05) is 0 Å². The van der Waals surface area contributed by atoms with Gasteiger partial charge in [0.15, 0.2) is 0 Å². The van der Waals surface area contributed by atoms with E-state index in [2.05, 4.69) is 18.4 Å².